The van der Waals surface area contributed by atoms with Crippen LogP contribution in [0, 0.1) is 0 Å². The molecule has 0 aliphatic carbocycles. The zero-order chi connectivity index (χ0) is 25.8. The van der Waals surface area contributed by atoms with Gasteiger partial charge in [-0.05, 0) is 66.2 Å². The summed E-state index contributed by atoms with van der Waals surface area (Å²) in [6, 6.07) is 24.3. The van der Waals surface area contributed by atoms with E-state index in [9.17, 15) is 4.79 Å². The lowest BCUT2D eigenvalue weighted by atomic mass is 10.2. The van der Waals surface area contributed by atoms with Crippen molar-refractivity contribution in [1.29, 1.82) is 0 Å². The largest absolute Gasteiger partial charge is 0.398 e. The van der Waals surface area contributed by atoms with Gasteiger partial charge in [0.15, 0.2) is 0 Å². The number of hydrogen-bond acceptors (Lipinski definition) is 3. The fraction of sp³-hybridized carbons (Fsp3) is 0. The van der Waals surface area contributed by atoms with Crippen LogP contribution < -0.4 is 5.73 Å². The topological polar surface area (TPSA) is 55.4 Å². The number of halogens is 6. The molecule has 4 aromatic carbocycles. The number of nitrogens with zero attached hydrogens (tertiary/aromatic N) is 1. The van der Waals surface area contributed by atoms with Crippen LogP contribution in [-0.2, 0) is 0 Å². The van der Waals surface area contributed by atoms with E-state index < -0.39 is 0 Å². The van der Waals surface area contributed by atoms with E-state index in [0.29, 0.717) is 47.1 Å². The first-order chi connectivity index (χ1) is 16.7. The molecule has 35 heavy (non-hydrogen) atoms. The first-order valence-electron chi connectivity index (χ1n) is 9.84. The molecule has 4 rings (SSSR count). The van der Waals surface area contributed by atoms with Crippen molar-refractivity contribution in [3.05, 3.63) is 126 Å². The van der Waals surface area contributed by atoms with Gasteiger partial charge in [0.1, 0.15) is 6.29 Å². The van der Waals surface area contributed by atoms with Crippen LogP contribution in [0.1, 0.15) is 15.9 Å². The molecular weight excluding hydrogens is 569 g/mol. The van der Waals surface area contributed by atoms with E-state index in [2.05, 4.69) is 4.99 Å². The summed E-state index contributed by atoms with van der Waals surface area (Å²) in [7, 11) is 0. The fourth-order valence-electron chi connectivity index (χ4n) is 2.32. The maximum Gasteiger partial charge on any atom is 0.150 e. The van der Waals surface area contributed by atoms with Gasteiger partial charge in [-0.2, -0.15) is 0 Å². The molecule has 0 amide bonds. The van der Waals surface area contributed by atoms with Crippen molar-refractivity contribution in [1.82, 2.24) is 0 Å². The van der Waals surface area contributed by atoms with Crippen molar-refractivity contribution in [2.24, 2.45) is 4.99 Å². The highest BCUT2D eigenvalue weighted by Crippen LogP contribution is 2.27. The Hall–Kier alpha value is -2.24. The Kier molecular flexibility index (Phi) is 12.4. The second-order valence-corrected chi connectivity index (χ2v) is 9.30. The summed E-state index contributed by atoms with van der Waals surface area (Å²) < 4.78 is 0. The molecule has 0 atom stereocenters. The molecule has 3 nitrogen and oxygen atoms in total. The lowest BCUT2D eigenvalue weighted by Gasteiger charge is -1.98. The van der Waals surface area contributed by atoms with Crippen LogP contribution in [0.4, 0.5) is 11.4 Å². The van der Waals surface area contributed by atoms with Gasteiger partial charge in [-0.25, -0.2) is 0 Å². The SMILES string of the molecule is Clc1ccc(C=Nc2ccc(Cl)cc2Cl)cc1.Nc1ccc(Cl)cc1Cl.O=Cc1ccc(Cl)cc1. The molecule has 180 valence electrons. The van der Waals surface area contributed by atoms with Crippen LogP contribution in [0.25, 0.3) is 0 Å². The van der Waals surface area contributed by atoms with Crippen molar-refractivity contribution >= 4 is 93.5 Å². The number of nitrogens with two attached hydrogens (primary N) is 1. The third-order valence-corrected chi connectivity index (χ3v) is 5.71. The molecule has 0 aromatic heterocycles. The number of aliphatic imine (C=N–C) groups is 1. The van der Waals surface area contributed by atoms with Gasteiger partial charge in [-0.15, -0.1) is 0 Å². The Morgan fingerprint density at radius 1 is 0.571 bits per heavy atom. The molecule has 0 aliphatic rings. The standard InChI is InChI=1S/C13H8Cl3N.C7H5ClO.C6H5Cl2N/c14-10-3-1-9(2-4-10)8-17-13-6-5-11(15)7-12(13)16;8-7-3-1-6(5-9)2-4-7;7-4-1-2-6(9)5(8)3-4/h1-8H;1-5H;1-3H,9H2. The van der Waals surface area contributed by atoms with Crippen LogP contribution in [0.15, 0.2) is 89.9 Å². The average molecular weight is 587 g/mol. The summed E-state index contributed by atoms with van der Waals surface area (Å²) in [5, 5.41) is 3.59. The molecule has 0 fully saturated rings. The molecular formula is C26H18Cl6N2O. The predicted octanol–water partition coefficient (Wildman–Crippen LogP) is 10.1. The van der Waals surface area contributed by atoms with E-state index in [-0.39, 0.29) is 0 Å². The highest BCUT2D eigenvalue weighted by Gasteiger charge is 1.98. The maximum atomic E-state index is 10.1. The molecule has 0 saturated carbocycles. The van der Waals surface area contributed by atoms with E-state index in [1.54, 1.807) is 66.9 Å². The number of nitrogen functional groups attached to an aromatic ring is 1. The summed E-state index contributed by atoms with van der Waals surface area (Å²) in [5.41, 5.74) is 8.25. The summed E-state index contributed by atoms with van der Waals surface area (Å²) in [6.45, 7) is 0. The Morgan fingerprint density at radius 2 is 1.03 bits per heavy atom. The average Bonchev–Trinajstić information content (AvgIpc) is 2.83. The number of carbonyl (C=O) groups is 1. The summed E-state index contributed by atoms with van der Waals surface area (Å²) in [4.78, 5) is 14.4. The first kappa shape index (κ1) is 29.0. The van der Waals surface area contributed by atoms with E-state index in [1.165, 1.54) is 0 Å². The highest BCUT2D eigenvalue weighted by atomic mass is 35.5. The Morgan fingerprint density at radius 3 is 1.49 bits per heavy atom. The van der Waals surface area contributed by atoms with Crippen molar-refractivity contribution in [3.63, 3.8) is 0 Å². The number of benzene rings is 4. The van der Waals surface area contributed by atoms with Crippen LogP contribution in [0.5, 0.6) is 0 Å². The quantitative estimate of drug-likeness (QED) is 0.147. The van der Waals surface area contributed by atoms with E-state index in [4.69, 9.17) is 75.3 Å². The van der Waals surface area contributed by atoms with Crippen LogP contribution in [-0.4, -0.2) is 12.5 Å². The van der Waals surface area contributed by atoms with Gasteiger partial charge in [-0.3, -0.25) is 9.79 Å². The van der Waals surface area contributed by atoms with Gasteiger partial charge in [0.05, 0.1) is 21.4 Å². The minimum atomic E-state index is 0.502. The van der Waals surface area contributed by atoms with E-state index >= 15 is 0 Å². The minimum Gasteiger partial charge on any atom is -0.398 e. The van der Waals surface area contributed by atoms with Crippen molar-refractivity contribution in [3.8, 4) is 0 Å². The van der Waals surface area contributed by atoms with Crippen molar-refractivity contribution < 1.29 is 4.79 Å². The van der Waals surface area contributed by atoms with Gasteiger partial charge < -0.3 is 5.73 Å². The summed E-state index contributed by atoms with van der Waals surface area (Å²) in [5.74, 6) is 0. The molecule has 0 aliphatic heterocycles. The Balaban J connectivity index is 0.000000203. The first-order valence-corrected chi connectivity index (χ1v) is 12.1. The molecule has 0 saturated heterocycles. The zero-order valence-electron chi connectivity index (χ0n) is 17.9. The monoisotopic (exact) mass is 584 g/mol. The molecule has 2 N–H and O–H groups in total. The van der Waals surface area contributed by atoms with Crippen molar-refractivity contribution in [2.45, 2.75) is 0 Å². The third kappa shape index (κ3) is 10.9. The molecule has 0 bridgehead atoms. The van der Waals surface area contributed by atoms with Gasteiger partial charge in [-0.1, -0.05) is 93.9 Å². The molecule has 0 heterocycles. The Labute approximate surface area is 234 Å². The van der Waals surface area contributed by atoms with Crippen LogP contribution in [0.2, 0.25) is 30.1 Å². The minimum absolute atomic E-state index is 0.502. The fourth-order valence-corrected chi connectivity index (χ4v) is 3.44. The number of anilines is 1. The zero-order valence-corrected chi connectivity index (χ0v) is 22.5. The number of carbonyl (C=O) groups excluding carboxylic acids is 1. The van der Waals surface area contributed by atoms with Crippen molar-refractivity contribution in [2.75, 3.05) is 5.73 Å². The molecule has 0 radical (unpaired) electrons. The third-order valence-electron chi connectivity index (χ3n) is 4.10. The normalized spacial score (nSPS) is 10.1. The predicted molar refractivity (Wildman–Crippen MR) is 153 cm³/mol. The molecule has 0 spiro atoms. The number of aldehydes is 1. The number of hydrogen-bond donors (Lipinski definition) is 1. The summed E-state index contributed by atoms with van der Waals surface area (Å²) >= 11 is 34.3. The second kappa shape index (κ2) is 15.0. The smallest absolute Gasteiger partial charge is 0.150 e. The van der Waals surface area contributed by atoms with Gasteiger partial charge in [0.25, 0.3) is 0 Å². The summed E-state index contributed by atoms with van der Waals surface area (Å²) in [6.07, 6.45) is 2.52. The number of rotatable bonds is 3. The maximum absolute atomic E-state index is 10.1. The van der Waals surface area contributed by atoms with E-state index in [1.807, 2.05) is 24.3 Å². The lowest BCUT2D eigenvalue weighted by Crippen LogP contribution is -1.83. The van der Waals surface area contributed by atoms with Gasteiger partial charge >= 0.3 is 0 Å². The highest BCUT2D eigenvalue weighted by molar-refractivity contribution is 6.36. The van der Waals surface area contributed by atoms with Crippen LogP contribution in [0.3, 0.4) is 0 Å². The molecule has 9 heteroatoms. The van der Waals surface area contributed by atoms with Gasteiger partial charge in [0.2, 0.25) is 0 Å². The Bertz CT molecular complexity index is 1280. The second-order valence-electron chi connectivity index (χ2n) is 6.74. The lowest BCUT2D eigenvalue weighted by molar-refractivity contribution is 0.112. The van der Waals surface area contributed by atoms with E-state index in [0.717, 1.165) is 11.8 Å². The van der Waals surface area contributed by atoms with Gasteiger partial charge in [0, 0.05) is 31.9 Å². The van der Waals surface area contributed by atoms with Crippen LogP contribution >= 0.6 is 69.6 Å². The molecule has 0 unspecified atom stereocenters. The molecule has 4 aromatic rings.